The predicted octanol–water partition coefficient (Wildman–Crippen LogP) is 2.56. The number of amides is 1. The molecule has 5 heterocycles. The molecule has 0 radical (unpaired) electrons. The molecule has 10 nitrogen and oxygen atoms in total. The maximum absolute atomic E-state index is 12.5. The van der Waals surface area contributed by atoms with E-state index in [1.165, 1.54) is 18.1 Å². The first-order valence-electron chi connectivity index (χ1n) is 14.3. The number of piperazine rings is 1. The Bertz CT molecular complexity index is 1330. The van der Waals surface area contributed by atoms with Crippen molar-refractivity contribution in [3.8, 4) is 17.8 Å². The molecule has 4 aliphatic rings. The van der Waals surface area contributed by atoms with Gasteiger partial charge in [-0.2, -0.15) is 15.2 Å². The topological polar surface area (TPSA) is 98.1 Å². The van der Waals surface area contributed by atoms with Crippen LogP contribution in [-0.4, -0.2) is 90.7 Å². The first kappa shape index (κ1) is 26.4. The number of ether oxygens (including phenoxy) is 2. The van der Waals surface area contributed by atoms with E-state index in [9.17, 15) is 10.1 Å². The number of benzene rings is 1. The van der Waals surface area contributed by atoms with Gasteiger partial charge >= 0.3 is 6.01 Å². The number of para-hydroxylation sites is 1. The highest BCUT2D eigenvalue weighted by atomic mass is 16.5. The molecule has 1 aromatic carbocycles. The molecule has 0 N–H and O–H groups in total. The van der Waals surface area contributed by atoms with Crippen molar-refractivity contribution in [1.29, 1.82) is 5.26 Å². The summed E-state index contributed by atoms with van der Waals surface area (Å²) in [6, 6.07) is 9.17. The number of carbonyl (C=O) groups is 1. The molecule has 10 heteroatoms. The second kappa shape index (κ2) is 11.3. The Hall–Kier alpha value is -3.84. The number of hydrogen-bond acceptors (Lipinski definition) is 9. The maximum atomic E-state index is 12.5. The Labute approximate surface area is 235 Å². The normalized spacial score (nSPS) is 22.4. The van der Waals surface area contributed by atoms with E-state index in [1.54, 1.807) is 4.90 Å². The number of anilines is 2. The number of likely N-dealkylation sites (N-methyl/N-ethyl adjacent to an activating group) is 1. The summed E-state index contributed by atoms with van der Waals surface area (Å²) in [5.41, 5.74) is 4.45. The number of nitriles is 1. The highest BCUT2D eigenvalue weighted by molar-refractivity contribution is 5.87. The van der Waals surface area contributed by atoms with E-state index in [4.69, 9.17) is 19.4 Å². The van der Waals surface area contributed by atoms with E-state index in [2.05, 4.69) is 52.6 Å². The van der Waals surface area contributed by atoms with Crippen molar-refractivity contribution >= 4 is 17.4 Å². The maximum Gasteiger partial charge on any atom is 0.318 e. The van der Waals surface area contributed by atoms with Crippen molar-refractivity contribution in [1.82, 2.24) is 19.8 Å². The van der Waals surface area contributed by atoms with Crippen LogP contribution >= 0.6 is 0 Å². The minimum absolute atomic E-state index is 0.137. The molecular formula is C30H37N7O3. The molecule has 2 aromatic rings. The Morgan fingerprint density at radius 3 is 2.90 bits per heavy atom. The second-order valence-electron chi connectivity index (χ2n) is 11.1. The van der Waals surface area contributed by atoms with Crippen molar-refractivity contribution in [2.75, 3.05) is 62.8 Å². The second-order valence-corrected chi connectivity index (χ2v) is 11.1. The predicted molar refractivity (Wildman–Crippen MR) is 152 cm³/mol. The minimum atomic E-state index is -0.226. The fraction of sp³-hybridized carbons (Fsp3) is 0.533. The van der Waals surface area contributed by atoms with Gasteiger partial charge in [0.25, 0.3) is 0 Å². The van der Waals surface area contributed by atoms with Gasteiger partial charge in [0.05, 0.1) is 43.1 Å². The quantitative estimate of drug-likeness (QED) is 0.488. The Morgan fingerprint density at radius 2 is 2.10 bits per heavy atom. The molecule has 1 aromatic heterocycles. The third-order valence-electron chi connectivity index (χ3n) is 8.70. The van der Waals surface area contributed by atoms with Gasteiger partial charge in [-0.05, 0) is 50.6 Å². The third kappa shape index (κ3) is 5.06. The molecule has 2 atom stereocenters. The molecule has 2 fully saturated rings. The number of nitrogens with zero attached hydrogens (tertiary/aromatic N) is 7. The first-order chi connectivity index (χ1) is 19.6. The van der Waals surface area contributed by atoms with Crippen molar-refractivity contribution in [3.05, 3.63) is 47.7 Å². The molecule has 2 saturated heterocycles. The molecule has 210 valence electrons. The summed E-state index contributed by atoms with van der Waals surface area (Å²) in [6.45, 7) is 9.14. The van der Waals surface area contributed by atoms with E-state index < -0.39 is 0 Å². The van der Waals surface area contributed by atoms with Crippen LogP contribution in [-0.2, 0) is 24.2 Å². The van der Waals surface area contributed by atoms with Crippen molar-refractivity contribution in [2.45, 2.75) is 50.7 Å². The zero-order chi connectivity index (χ0) is 27.6. The number of likely N-dealkylation sites (tertiary alicyclic amines) is 1. The van der Waals surface area contributed by atoms with Gasteiger partial charge in [-0.25, -0.2) is 0 Å². The van der Waals surface area contributed by atoms with Crippen LogP contribution in [0, 0.1) is 11.3 Å². The van der Waals surface area contributed by atoms with Gasteiger partial charge in [0.2, 0.25) is 5.91 Å². The van der Waals surface area contributed by atoms with E-state index >= 15 is 0 Å². The van der Waals surface area contributed by atoms with Crippen molar-refractivity contribution in [3.63, 3.8) is 0 Å². The Kier molecular flexibility index (Phi) is 7.48. The number of aromatic nitrogens is 2. The van der Waals surface area contributed by atoms with Gasteiger partial charge in [-0.3, -0.25) is 4.79 Å². The van der Waals surface area contributed by atoms with Crippen LogP contribution in [0.4, 0.5) is 11.5 Å². The molecule has 0 unspecified atom stereocenters. The van der Waals surface area contributed by atoms with E-state index in [-0.39, 0.29) is 18.4 Å². The van der Waals surface area contributed by atoms with Gasteiger partial charge in [0, 0.05) is 44.2 Å². The van der Waals surface area contributed by atoms with Crippen LogP contribution in [0.3, 0.4) is 0 Å². The zero-order valence-electron chi connectivity index (χ0n) is 23.2. The fourth-order valence-electron chi connectivity index (χ4n) is 6.46. The molecule has 4 aliphatic heterocycles. The summed E-state index contributed by atoms with van der Waals surface area (Å²) in [5, 5.41) is 9.49. The zero-order valence-corrected chi connectivity index (χ0v) is 23.2. The average Bonchev–Trinajstić information content (AvgIpc) is 3.63. The lowest BCUT2D eigenvalue weighted by Crippen LogP contribution is -2.55. The lowest BCUT2D eigenvalue weighted by Gasteiger charge is -2.42. The molecule has 40 heavy (non-hydrogen) atoms. The van der Waals surface area contributed by atoms with Crippen molar-refractivity contribution < 1.29 is 14.3 Å². The molecule has 0 saturated carbocycles. The monoisotopic (exact) mass is 543 g/mol. The summed E-state index contributed by atoms with van der Waals surface area (Å²) in [7, 11) is 2.14. The van der Waals surface area contributed by atoms with E-state index in [0.717, 1.165) is 67.5 Å². The molecule has 1 amide bonds. The van der Waals surface area contributed by atoms with Gasteiger partial charge in [0.15, 0.2) is 0 Å². The van der Waals surface area contributed by atoms with Crippen LogP contribution in [0.25, 0.3) is 0 Å². The number of hydrogen-bond donors (Lipinski definition) is 0. The average molecular weight is 544 g/mol. The number of fused-ring (bicyclic) bond motifs is 2. The lowest BCUT2D eigenvalue weighted by molar-refractivity contribution is -0.128. The highest BCUT2D eigenvalue weighted by Gasteiger charge is 2.34. The fourth-order valence-corrected chi connectivity index (χ4v) is 6.46. The Morgan fingerprint density at radius 1 is 1.20 bits per heavy atom. The highest BCUT2D eigenvalue weighted by Crippen LogP contribution is 2.39. The molecule has 0 spiro atoms. The number of carbonyl (C=O) groups excluding carboxylic acids is 1. The van der Waals surface area contributed by atoms with Gasteiger partial charge in [-0.15, -0.1) is 0 Å². The van der Waals surface area contributed by atoms with E-state index in [0.29, 0.717) is 44.8 Å². The van der Waals surface area contributed by atoms with Crippen molar-refractivity contribution in [2.24, 2.45) is 0 Å². The Balaban J connectivity index is 1.31. The van der Waals surface area contributed by atoms with Gasteiger partial charge in [-0.1, -0.05) is 18.7 Å². The summed E-state index contributed by atoms with van der Waals surface area (Å²) < 4.78 is 12.3. The lowest BCUT2D eigenvalue weighted by atomic mass is 10.0. The third-order valence-corrected chi connectivity index (χ3v) is 8.70. The first-order valence-corrected chi connectivity index (χ1v) is 14.3. The smallest absolute Gasteiger partial charge is 0.318 e. The standard InChI is InChI=1S/C30H37N7O3/c1-3-27(38)37-16-15-36(18-22(37)9-12-31)29-24-10-14-35(26-8-4-6-21-11-17-39-28(21)26)19-25(24)32-30(33-29)40-20-23-7-5-13-34(23)2/h3-4,6,8,22-23H,1,5,7,9-11,13-20H2,2H3/t22-,23-/m0/s1. The van der Waals surface area contributed by atoms with Gasteiger partial charge in [0.1, 0.15) is 18.2 Å². The van der Waals surface area contributed by atoms with E-state index in [1.807, 2.05) is 0 Å². The molecule has 6 rings (SSSR count). The van der Waals surface area contributed by atoms with Crippen LogP contribution in [0.2, 0.25) is 0 Å². The summed E-state index contributed by atoms with van der Waals surface area (Å²) in [4.78, 5) is 31.0. The summed E-state index contributed by atoms with van der Waals surface area (Å²) >= 11 is 0. The van der Waals surface area contributed by atoms with Gasteiger partial charge < -0.3 is 29.1 Å². The van der Waals surface area contributed by atoms with Crippen LogP contribution in [0.5, 0.6) is 11.8 Å². The SMILES string of the molecule is C=CC(=O)N1CCN(c2nc(OC[C@@H]3CCCN3C)nc3c2CCN(c2cccc4c2OCC4)C3)C[C@@H]1CC#N. The number of rotatable bonds is 7. The van der Waals surface area contributed by atoms with Crippen LogP contribution in [0.15, 0.2) is 30.9 Å². The molecular weight excluding hydrogens is 506 g/mol. The summed E-state index contributed by atoms with van der Waals surface area (Å²) in [5.74, 6) is 1.72. The minimum Gasteiger partial charge on any atom is -0.491 e. The largest absolute Gasteiger partial charge is 0.491 e. The molecule has 0 bridgehead atoms. The van der Waals surface area contributed by atoms with Crippen LogP contribution < -0.4 is 19.3 Å². The summed E-state index contributed by atoms with van der Waals surface area (Å²) in [6.07, 6.45) is 5.60. The van der Waals surface area contributed by atoms with Crippen LogP contribution in [0.1, 0.15) is 36.1 Å². The molecule has 0 aliphatic carbocycles.